The number of carbonyl (C=O) groups is 2. The molecule has 1 N–H and O–H groups in total. The number of ether oxygens (including phenoxy) is 1. The molecule has 6 heteroatoms. The van der Waals surface area contributed by atoms with E-state index in [1.165, 1.54) is 0 Å². The van der Waals surface area contributed by atoms with Crippen LogP contribution in [-0.2, 0) is 11.2 Å². The molecule has 0 saturated heterocycles. The molecule has 6 nitrogen and oxygen atoms in total. The summed E-state index contributed by atoms with van der Waals surface area (Å²) in [6.45, 7) is 8.89. The first-order valence-electron chi connectivity index (χ1n) is 9.03. The number of fused-ring (bicyclic) bond motifs is 3. The van der Waals surface area contributed by atoms with Crippen molar-refractivity contribution in [3.05, 3.63) is 35.1 Å². The van der Waals surface area contributed by atoms with Gasteiger partial charge in [-0.25, -0.2) is 4.79 Å². The topological polar surface area (TPSA) is 71.8 Å². The molecule has 0 bridgehead atoms. The average molecular weight is 358 g/mol. The predicted octanol–water partition coefficient (Wildman–Crippen LogP) is 3.65. The van der Waals surface area contributed by atoms with Crippen molar-refractivity contribution in [1.82, 2.24) is 10.2 Å². The minimum absolute atomic E-state index is 0.114. The molecule has 1 aliphatic heterocycles. The fourth-order valence-electron chi connectivity index (χ4n) is 3.20. The monoisotopic (exact) mass is 358 g/mol. The predicted molar refractivity (Wildman–Crippen MR) is 99.4 cm³/mol. The van der Waals surface area contributed by atoms with Gasteiger partial charge in [0.2, 0.25) is 0 Å². The lowest BCUT2D eigenvalue weighted by molar-refractivity contribution is 0.0512. The van der Waals surface area contributed by atoms with Crippen LogP contribution in [0.3, 0.4) is 0 Å². The van der Waals surface area contributed by atoms with Crippen LogP contribution in [0.1, 0.15) is 48.9 Å². The Kier molecular flexibility index (Phi) is 4.94. The summed E-state index contributed by atoms with van der Waals surface area (Å²) in [5.41, 5.74) is 2.36. The van der Waals surface area contributed by atoms with E-state index in [9.17, 15) is 9.59 Å². The summed E-state index contributed by atoms with van der Waals surface area (Å²) in [5.74, 6) is 0.317. The zero-order chi connectivity index (χ0) is 18.9. The molecule has 2 amide bonds. The van der Waals surface area contributed by atoms with E-state index in [2.05, 4.69) is 11.4 Å². The highest BCUT2D eigenvalue weighted by atomic mass is 16.6. The summed E-state index contributed by atoms with van der Waals surface area (Å²) in [5, 5.41) is 3.73. The third-order valence-electron chi connectivity index (χ3n) is 4.33. The number of alkyl carbamates (subject to hydrolysis) is 1. The number of amides is 2. The van der Waals surface area contributed by atoms with Crippen LogP contribution in [0.25, 0.3) is 11.0 Å². The van der Waals surface area contributed by atoms with Crippen molar-refractivity contribution in [3.8, 4) is 0 Å². The molecule has 0 saturated carbocycles. The summed E-state index contributed by atoms with van der Waals surface area (Å²) in [4.78, 5) is 26.4. The van der Waals surface area contributed by atoms with Crippen LogP contribution in [0.5, 0.6) is 0 Å². The highest BCUT2D eigenvalue weighted by molar-refractivity contribution is 5.99. The molecule has 0 radical (unpaired) electrons. The molecule has 0 unspecified atom stereocenters. The van der Waals surface area contributed by atoms with Crippen LogP contribution in [0.4, 0.5) is 4.79 Å². The normalized spacial score (nSPS) is 14.9. The molecule has 0 fully saturated rings. The largest absolute Gasteiger partial charge is 0.451 e. The van der Waals surface area contributed by atoms with Gasteiger partial charge >= 0.3 is 6.09 Å². The first-order chi connectivity index (χ1) is 12.2. The standard InChI is InChI=1S/C20H26N2O4/c1-13-7-8-16-15(12-13)14-6-5-10-22(18(23)17(14)25-16)11-9-21-19(24)26-20(2,3)4/h7-8,12H,5-6,9-11H2,1-4H3,(H,21,24). The van der Waals surface area contributed by atoms with Gasteiger partial charge < -0.3 is 19.4 Å². The summed E-state index contributed by atoms with van der Waals surface area (Å²) >= 11 is 0. The van der Waals surface area contributed by atoms with Gasteiger partial charge in [0.05, 0.1) is 0 Å². The first kappa shape index (κ1) is 18.3. The summed E-state index contributed by atoms with van der Waals surface area (Å²) < 4.78 is 11.1. The molecule has 2 aromatic rings. The third kappa shape index (κ3) is 4.00. The zero-order valence-corrected chi connectivity index (χ0v) is 15.8. The van der Waals surface area contributed by atoms with E-state index in [1.54, 1.807) is 4.90 Å². The van der Waals surface area contributed by atoms with E-state index in [1.807, 2.05) is 39.8 Å². The number of aryl methyl sites for hydroxylation is 2. The Balaban J connectivity index is 1.69. The summed E-state index contributed by atoms with van der Waals surface area (Å²) in [6, 6.07) is 5.98. The molecule has 1 aromatic heterocycles. The summed E-state index contributed by atoms with van der Waals surface area (Å²) in [7, 11) is 0. The van der Waals surface area contributed by atoms with Gasteiger partial charge in [-0.15, -0.1) is 0 Å². The zero-order valence-electron chi connectivity index (χ0n) is 15.8. The van der Waals surface area contributed by atoms with E-state index in [0.29, 0.717) is 25.4 Å². The van der Waals surface area contributed by atoms with E-state index in [-0.39, 0.29) is 5.91 Å². The lowest BCUT2D eigenvalue weighted by atomic mass is 10.0. The number of nitrogens with zero attached hydrogens (tertiary/aromatic N) is 1. The second kappa shape index (κ2) is 7.02. The lowest BCUT2D eigenvalue weighted by Gasteiger charge is -2.22. The second-order valence-corrected chi connectivity index (χ2v) is 7.73. The fourth-order valence-corrected chi connectivity index (χ4v) is 3.20. The number of carbonyl (C=O) groups excluding carboxylic acids is 2. The van der Waals surface area contributed by atoms with Crippen molar-refractivity contribution in [2.75, 3.05) is 19.6 Å². The molecular formula is C20H26N2O4. The van der Waals surface area contributed by atoms with Crippen molar-refractivity contribution in [1.29, 1.82) is 0 Å². The minimum Gasteiger partial charge on any atom is -0.451 e. The van der Waals surface area contributed by atoms with Crippen LogP contribution in [0.15, 0.2) is 22.6 Å². The molecule has 0 aliphatic carbocycles. The maximum absolute atomic E-state index is 12.9. The molecule has 1 aliphatic rings. The van der Waals surface area contributed by atoms with Crippen LogP contribution >= 0.6 is 0 Å². The molecule has 0 atom stereocenters. The highest BCUT2D eigenvalue weighted by Crippen LogP contribution is 2.30. The SMILES string of the molecule is Cc1ccc2oc3c(c2c1)CCCN(CCNC(=O)OC(C)(C)C)C3=O. The van der Waals surface area contributed by atoms with E-state index < -0.39 is 11.7 Å². The van der Waals surface area contributed by atoms with Crippen LogP contribution in [0, 0.1) is 6.92 Å². The lowest BCUT2D eigenvalue weighted by Crippen LogP contribution is -2.40. The minimum atomic E-state index is -0.538. The van der Waals surface area contributed by atoms with Gasteiger partial charge in [0, 0.05) is 30.6 Å². The number of nitrogens with one attached hydrogen (secondary N) is 1. The summed E-state index contributed by atoms with van der Waals surface area (Å²) in [6.07, 6.45) is 1.21. The number of rotatable bonds is 3. The van der Waals surface area contributed by atoms with E-state index >= 15 is 0 Å². The van der Waals surface area contributed by atoms with Crippen molar-refractivity contribution in [3.63, 3.8) is 0 Å². The Labute approximate surface area is 153 Å². The number of benzene rings is 1. The van der Waals surface area contributed by atoms with Gasteiger partial charge in [-0.1, -0.05) is 11.6 Å². The van der Waals surface area contributed by atoms with E-state index in [0.717, 1.165) is 34.9 Å². The number of furan rings is 1. The van der Waals surface area contributed by atoms with Crippen molar-refractivity contribution in [2.24, 2.45) is 0 Å². The maximum atomic E-state index is 12.9. The second-order valence-electron chi connectivity index (χ2n) is 7.73. The average Bonchev–Trinajstić information content (AvgIpc) is 2.81. The molecule has 1 aromatic carbocycles. The number of hydrogen-bond donors (Lipinski definition) is 1. The molecule has 26 heavy (non-hydrogen) atoms. The smallest absolute Gasteiger partial charge is 0.407 e. The van der Waals surface area contributed by atoms with Crippen LogP contribution < -0.4 is 5.32 Å². The Hall–Kier alpha value is -2.50. The quantitative estimate of drug-likeness (QED) is 0.909. The molecule has 2 heterocycles. The first-order valence-corrected chi connectivity index (χ1v) is 9.03. The van der Waals surface area contributed by atoms with Crippen molar-refractivity contribution < 1.29 is 18.7 Å². The van der Waals surface area contributed by atoms with Gasteiger partial charge in [0.25, 0.3) is 5.91 Å². The Morgan fingerprint density at radius 3 is 2.85 bits per heavy atom. The van der Waals surface area contributed by atoms with Gasteiger partial charge in [-0.2, -0.15) is 0 Å². The Bertz CT molecular complexity index is 832. The molecule has 0 spiro atoms. The van der Waals surface area contributed by atoms with Gasteiger partial charge in [-0.3, -0.25) is 4.79 Å². The number of hydrogen-bond acceptors (Lipinski definition) is 4. The van der Waals surface area contributed by atoms with Gasteiger partial charge in [-0.05, 0) is 52.7 Å². The Morgan fingerprint density at radius 1 is 1.35 bits per heavy atom. The van der Waals surface area contributed by atoms with Crippen LogP contribution in [-0.4, -0.2) is 42.1 Å². The van der Waals surface area contributed by atoms with Gasteiger partial charge in [0.15, 0.2) is 5.76 Å². The molecule has 140 valence electrons. The van der Waals surface area contributed by atoms with Crippen molar-refractivity contribution in [2.45, 2.75) is 46.1 Å². The molecular weight excluding hydrogens is 332 g/mol. The third-order valence-corrected chi connectivity index (χ3v) is 4.33. The maximum Gasteiger partial charge on any atom is 0.407 e. The fraction of sp³-hybridized carbons (Fsp3) is 0.500. The van der Waals surface area contributed by atoms with Crippen molar-refractivity contribution >= 4 is 23.0 Å². The van der Waals surface area contributed by atoms with Gasteiger partial charge in [0.1, 0.15) is 11.2 Å². The highest BCUT2D eigenvalue weighted by Gasteiger charge is 2.28. The van der Waals surface area contributed by atoms with Crippen LogP contribution in [0.2, 0.25) is 0 Å². The van der Waals surface area contributed by atoms with E-state index in [4.69, 9.17) is 9.15 Å². The molecule has 3 rings (SSSR count). The Morgan fingerprint density at radius 2 is 2.12 bits per heavy atom.